The van der Waals surface area contributed by atoms with E-state index >= 15 is 0 Å². The van der Waals surface area contributed by atoms with Crippen molar-refractivity contribution in [1.82, 2.24) is 9.88 Å². The molecule has 198 valence electrons. The fraction of sp³-hybridized carbons (Fsp3) is 0.296. The first-order valence-corrected chi connectivity index (χ1v) is 11.9. The number of aromatic nitrogens is 1. The Kier molecular flexibility index (Phi) is 6.56. The van der Waals surface area contributed by atoms with E-state index in [4.69, 9.17) is 9.84 Å². The predicted octanol–water partition coefficient (Wildman–Crippen LogP) is 5.60. The van der Waals surface area contributed by atoms with Crippen molar-refractivity contribution in [2.24, 2.45) is 0 Å². The van der Waals surface area contributed by atoms with Crippen LogP contribution < -0.4 is 4.90 Å². The third-order valence-corrected chi connectivity index (χ3v) is 7.03. The van der Waals surface area contributed by atoms with E-state index in [2.05, 4.69) is 4.98 Å². The van der Waals surface area contributed by atoms with Crippen LogP contribution in [-0.4, -0.2) is 52.3 Å². The lowest BCUT2D eigenvalue weighted by atomic mass is 9.90. The van der Waals surface area contributed by atoms with Gasteiger partial charge in [-0.3, -0.25) is 9.80 Å². The summed E-state index contributed by atoms with van der Waals surface area (Å²) in [5.74, 6) is -1.74. The summed E-state index contributed by atoms with van der Waals surface area (Å²) in [6.45, 7) is 1.48. The SMILES string of the molecule is O=C(O)c1ccc(N2CC3(CCN(Cc4cc(C(F)(F)F)ccc4-c4ccc(F)nc4)CC3)OC2=O)cc1. The predicted molar refractivity (Wildman–Crippen MR) is 129 cm³/mol. The number of benzene rings is 2. The average Bonchev–Trinajstić information content (AvgIpc) is 3.21. The molecule has 3 aromatic rings. The molecule has 0 atom stereocenters. The normalized spacial score (nSPS) is 17.6. The van der Waals surface area contributed by atoms with Gasteiger partial charge in [-0.2, -0.15) is 17.6 Å². The minimum absolute atomic E-state index is 0.106. The number of hydrogen-bond acceptors (Lipinski definition) is 5. The Morgan fingerprint density at radius 2 is 1.76 bits per heavy atom. The van der Waals surface area contributed by atoms with E-state index in [1.165, 1.54) is 35.4 Å². The van der Waals surface area contributed by atoms with Crippen LogP contribution in [0.1, 0.15) is 34.3 Å². The second-order valence-electron chi connectivity index (χ2n) is 9.50. The fourth-order valence-corrected chi connectivity index (χ4v) is 4.94. The Morgan fingerprint density at radius 3 is 2.37 bits per heavy atom. The van der Waals surface area contributed by atoms with E-state index < -0.39 is 35.4 Å². The second kappa shape index (κ2) is 9.71. The molecular formula is C27H23F4N3O4. The topological polar surface area (TPSA) is 83.0 Å². The summed E-state index contributed by atoms with van der Waals surface area (Å²) in [4.78, 5) is 30.8. The first kappa shape index (κ1) is 25.7. The average molecular weight is 529 g/mol. The van der Waals surface area contributed by atoms with Gasteiger partial charge in [0.1, 0.15) is 5.60 Å². The maximum absolute atomic E-state index is 13.5. The van der Waals surface area contributed by atoms with Gasteiger partial charge in [0.05, 0.1) is 17.7 Å². The van der Waals surface area contributed by atoms with Crippen molar-refractivity contribution in [2.45, 2.75) is 31.2 Å². The van der Waals surface area contributed by atoms with E-state index in [-0.39, 0.29) is 12.1 Å². The van der Waals surface area contributed by atoms with Crippen LogP contribution in [0.15, 0.2) is 60.8 Å². The number of carboxylic acid groups (broad SMARTS) is 1. The number of alkyl halides is 3. The number of carbonyl (C=O) groups excluding carboxylic acids is 1. The third-order valence-electron chi connectivity index (χ3n) is 7.03. The van der Waals surface area contributed by atoms with Gasteiger partial charge in [0, 0.05) is 49.9 Å². The van der Waals surface area contributed by atoms with Gasteiger partial charge in [-0.1, -0.05) is 6.07 Å². The molecule has 1 spiro atoms. The first-order chi connectivity index (χ1) is 18.0. The quantitative estimate of drug-likeness (QED) is 0.343. The van der Waals surface area contributed by atoms with E-state index in [1.54, 1.807) is 12.1 Å². The number of amides is 1. The number of hydrogen-bond donors (Lipinski definition) is 1. The Morgan fingerprint density at radius 1 is 1.05 bits per heavy atom. The van der Waals surface area contributed by atoms with Crippen molar-refractivity contribution < 1.29 is 37.0 Å². The van der Waals surface area contributed by atoms with Gasteiger partial charge in [0.2, 0.25) is 5.95 Å². The van der Waals surface area contributed by atoms with Crippen LogP contribution in [0.5, 0.6) is 0 Å². The number of rotatable bonds is 5. The van der Waals surface area contributed by atoms with E-state index in [0.717, 1.165) is 18.2 Å². The zero-order valence-corrected chi connectivity index (χ0v) is 20.0. The van der Waals surface area contributed by atoms with E-state index in [1.807, 2.05) is 4.90 Å². The van der Waals surface area contributed by atoms with Gasteiger partial charge < -0.3 is 9.84 Å². The van der Waals surface area contributed by atoms with Gasteiger partial charge in [-0.25, -0.2) is 14.6 Å². The molecule has 2 fully saturated rings. The number of ether oxygens (including phenoxy) is 1. The molecule has 2 aromatic carbocycles. The minimum Gasteiger partial charge on any atom is -0.478 e. The third kappa shape index (κ3) is 5.19. The number of halogens is 4. The van der Waals surface area contributed by atoms with Gasteiger partial charge in [0.25, 0.3) is 0 Å². The van der Waals surface area contributed by atoms with Crippen molar-refractivity contribution in [2.75, 3.05) is 24.5 Å². The minimum atomic E-state index is -4.51. The molecule has 2 aliphatic heterocycles. The summed E-state index contributed by atoms with van der Waals surface area (Å²) in [5, 5.41) is 9.09. The maximum atomic E-state index is 13.5. The van der Waals surface area contributed by atoms with Crippen molar-refractivity contribution in [3.8, 4) is 11.1 Å². The molecule has 0 saturated carbocycles. The zero-order chi connectivity index (χ0) is 27.1. The number of likely N-dealkylation sites (tertiary alicyclic amines) is 1. The zero-order valence-electron chi connectivity index (χ0n) is 20.0. The van der Waals surface area contributed by atoms with Gasteiger partial charge >= 0.3 is 18.2 Å². The summed E-state index contributed by atoms with van der Waals surface area (Å²) in [7, 11) is 0. The fourth-order valence-electron chi connectivity index (χ4n) is 4.94. The summed E-state index contributed by atoms with van der Waals surface area (Å²) in [6.07, 6.45) is -2.78. The van der Waals surface area contributed by atoms with Crippen LogP contribution in [0.2, 0.25) is 0 Å². The molecule has 11 heteroatoms. The number of carboxylic acids is 1. The standard InChI is InChI=1S/C27H23F4N3O4/c28-23-8-3-18(14-32-23)22-7-4-20(27(29,30)31)13-19(22)15-33-11-9-26(10-12-33)16-34(25(37)38-26)21-5-1-17(2-6-21)24(35)36/h1-8,13-14H,9-12,15-16H2,(H,35,36). The number of aromatic carboxylic acids is 1. The number of anilines is 1. The van der Waals surface area contributed by atoms with Gasteiger partial charge in [-0.05, 0) is 59.7 Å². The summed E-state index contributed by atoms with van der Waals surface area (Å²) < 4.78 is 59.4. The van der Waals surface area contributed by atoms with Crippen molar-refractivity contribution >= 4 is 17.7 Å². The summed E-state index contributed by atoms with van der Waals surface area (Å²) in [5.41, 5.74) is 0.612. The Hall–Kier alpha value is -3.99. The Balaban J connectivity index is 1.31. The molecule has 1 N–H and O–H groups in total. The molecule has 0 radical (unpaired) electrons. The molecule has 2 aliphatic rings. The maximum Gasteiger partial charge on any atom is 0.416 e. The van der Waals surface area contributed by atoms with Crippen LogP contribution in [0.4, 0.5) is 28.0 Å². The highest BCUT2D eigenvalue weighted by Gasteiger charge is 2.47. The molecule has 0 unspecified atom stereocenters. The Labute approximate surface area is 215 Å². The molecule has 7 nitrogen and oxygen atoms in total. The number of piperidine rings is 1. The van der Waals surface area contributed by atoms with Crippen LogP contribution in [-0.2, 0) is 17.5 Å². The second-order valence-corrected chi connectivity index (χ2v) is 9.50. The highest BCUT2D eigenvalue weighted by molar-refractivity contribution is 5.92. The lowest BCUT2D eigenvalue weighted by Crippen LogP contribution is -2.46. The molecule has 1 amide bonds. The molecule has 3 heterocycles. The van der Waals surface area contributed by atoms with Crippen LogP contribution in [0, 0.1) is 5.95 Å². The highest BCUT2D eigenvalue weighted by atomic mass is 19.4. The number of pyridine rings is 1. The van der Waals surface area contributed by atoms with Crippen LogP contribution >= 0.6 is 0 Å². The van der Waals surface area contributed by atoms with E-state index in [9.17, 15) is 27.2 Å². The molecule has 0 aliphatic carbocycles. The van der Waals surface area contributed by atoms with Crippen LogP contribution in [0.3, 0.4) is 0 Å². The van der Waals surface area contributed by atoms with Crippen LogP contribution in [0.25, 0.3) is 11.1 Å². The largest absolute Gasteiger partial charge is 0.478 e. The summed E-state index contributed by atoms with van der Waals surface area (Å²) >= 11 is 0. The molecular weight excluding hydrogens is 506 g/mol. The first-order valence-electron chi connectivity index (χ1n) is 11.9. The monoisotopic (exact) mass is 529 g/mol. The van der Waals surface area contributed by atoms with E-state index in [0.29, 0.717) is 54.9 Å². The molecule has 0 bridgehead atoms. The molecule has 5 rings (SSSR count). The van der Waals surface area contributed by atoms with Gasteiger partial charge in [0.15, 0.2) is 0 Å². The number of nitrogens with zero attached hydrogens (tertiary/aromatic N) is 3. The molecule has 1 aromatic heterocycles. The smallest absolute Gasteiger partial charge is 0.416 e. The van der Waals surface area contributed by atoms with Gasteiger partial charge in [-0.15, -0.1) is 0 Å². The highest BCUT2D eigenvalue weighted by Crippen LogP contribution is 2.38. The lowest BCUT2D eigenvalue weighted by molar-refractivity contribution is -0.137. The number of carbonyl (C=O) groups is 2. The van der Waals surface area contributed by atoms with Crippen molar-refractivity contribution in [1.29, 1.82) is 0 Å². The summed E-state index contributed by atoms with van der Waals surface area (Å²) in [6, 6.07) is 12.1. The Bertz CT molecular complexity index is 1350. The molecule has 2 saturated heterocycles. The van der Waals surface area contributed by atoms with Crippen molar-refractivity contribution in [3.63, 3.8) is 0 Å². The van der Waals surface area contributed by atoms with Crippen molar-refractivity contribution in [3.05, 3.63) is 83.4 Å². The molecule has 38 heavy (non-hydrogen) atoms. The lowest BCUT2D eigenvalue weighted by Gasteiger charge is -2.37.